The third kappa shape index (κ3) is 2.54. The lowest BCUT2D eigenvalue weighted by Gasteiger charge is -2.18. The molecular formula is C15H17NO5. The Labute approximate surface area is 121 Å². The van der Waals surface area contributed by atoms with Gasteiger partial charge in [0, 0.05) is 24.2 Å². The normalized spacial score (nSPS) is 13.4. The Bertz CT molecular complexity index is 676. The maximum absolute atomic E-state index is 11.5. The van der Waals surface area contributed by atoms with Crippen molar-refractivity contribution < 1.29 is 24.1 Å². The van der Waals surface area contributed by atoms with Gasteiger partial charge in [-0.1, -0.05) is 0 Å². The molecule has 6 heteroatoms. The topological polar surface area (TPSA) is 69.9 Å². The number of ether oxygens (including phenoxy) is 3. The smallest absolute Gasteiger partial charge is 0.310 e. The Balaban J connectivity index is 2.11. The average molecular weight is 291 g/mol. The molecule has 1 aromatic heterocycles. The van der Waals surface area contributed by atoms with E-state index in [9.17, 15) is 9.90 Å². The zero-order chi connectivity index (χ0) is 14.8. The minimum Gasteiger partial charge on any atom is -0.486 e. The van der Waals surface area contributed by atoms with Crippen molar-refractivity contribution in [3.05, 3.63) is 23.9 Å². The van der Waals surface area contributed by atoms with Crippen LogP contribution in [0.5, 0.6) is 11.5 Å². The second-order valence-corrected chi connectivity index (χ2v) is 4.84. The predicted octanol–water partition coefficient (Wildman–Crippen LogP) is 1.12. The molecule has 0 radical (unpaired) electrons. The first kappa shape index (κ1) is 13.8. The highest BCUT2D eigenvalue weighted by Crippen LogP contribution is 2.36. The van der Waals surface area contributed by atoms with Crippen molar-refractivity contribution in [3.63, 3.8) is 0 Å². The van der Waals surface area contributed by atoms with Gasteiger partial charge in [0.05, 0.1) is 25.7 Å². The fraction of sp³-hybridized carbons (Fsp3) is 0.400. The quantitative estimate of drug-likeness (QED) is 0.855. The van der Waals surface area contributed by atoms with E-state index in [4.69, 9.17) is 14.2 Å². The molecule has 112 valence electrons. The minimum atomic E-state index is -0.298. The number of carbonyl (C=O) groups is 1. The van der Waals surface area contributed by atoms with Crippen LogP contribution in [0.3, 0.4) is 0 Å². The highest BCUT2D eigenvalue weighted by molar-refractivity contribution is 5.90. The molecule has 2 heterocycles. The molecule has 6 nitrogen and oxygen atoms in total. The monoisotopic (exact) mass is 291 g/mol. The van der Waals surface area contributed by atoms with Crippen LogP contribution in [-0.2, 0) is 22.5 Å². The summed E-state index contributed by atoms with van der Waals surface area (Å²) in [5.41, 5.74) is 1.76. The van der Waals surface area contributed by atoms with E-state index in [1.807, 2.05) is 22.9 Å². The molecule has 3 rings (SSSR count). The van der Waals surface area contributed by atoms with E-state index in [2.05, 4.69) is 0 Å². The van der Waals surface area contributed by atoms with Crippen molar-refractivity contribution in [3.8, 4) is 11.5 Å². The number of aliphatic hydroxyl groups is 1. The van der Waals surface area contributed by atoms with Crippen molar-refractivity contribution in [1.82, 2.24) is 4.57 Å². The zero-order valence-electron chi connectivity index (χ0n) is 11.8. The number of aliphatic hydroxyl groups excluding tert-OH is 1. The SMILES string of the molecule is COC(=O)Cc1cn(CCO)c2cc3c(cc12)OCCO3. The number of methoxy groups -OCH3 is 1. The van der Waals surface area contributed by atoms with E-state index in [0.717, 1.165) is 16.5 Å². The Kier molecular flexibility index (Phi) is 3.70. The fourth-order valence-corrected chi connectivity index (χ4v) is 2.56. The molecular weight excluding hydrogens is 274 g/mol. The van der Waals surface area contributed by atoms with Gasteiger partial charge in [-0.3, -0.25) is 4.79 Å². The van der Waals surface area contributed by atoms with E-state index in [0.29, 0.717) is 31.3 Å². The molecule has 0 bridgehead atoms. The van der Waals surface area contributed by atoms with Crippen LogP contribution >= 0.6 is 0 Å². The first-order valence-electron chi connectivity index (χ1n) is 6.82. The molecule has 1 aromatic carbocycles. The van der Waals surface area contributed by atoms with Crippen LogP contribution in [0.25, 0.3) is 10.9 Å². The number of benzene rings is 1. The van der Waals surface area contributed by atoms with Gasteiger partial charge in [-0.25, -0.2) is 0 Å². The third-order valence-electron chi connectivity index (χ3n) is 3.53. The number of hydrogen-bond acceptors (Lipinski definition) is 5. The van der Waals surface area contributed by atoms with Gasteiger partial charge in [0.2, 0.25) is 0 Å². The summed E-state index contributed by atoms with van der Waals surface area (Å²) in [7, 11) is 1.37. The summed E-state index contributed by atoms with van der Waals surface area (Å²) >= 11 is 0. The summed E-state index contributed by atoms with van der Waals surface area (Å²) in [6.07, 6.45) is 2.05. The fourth-order valence-electron chi connectivity index (χ4n) is 2.56. The highest BCUT2D eigenvalue weighted by Gasteiger charge is 2.18. The van der Waals surface area contributed by atoms with Crippen LogP contribution in [0.1, 0.15) is 5.56 Å². The predicted molar refractivity (Wildman–Crippen MR) is 75.7 cm³/mol. The molecule has 0 unspecified atom stereocenters. The van der Waals surface area contributed by atoms with Crippen LogP contribution in [0.15, 0.2) is 18.3 Å². The maximum atomic E-state index is 11.5. The number of carbonyl (C=O) groups excluding carboxylic acids is 1. The molecule has 0 spiro atoms. The summed E-state index contributed by atoms with van der Waals surface area (Å²) in [5, 5.41) is 10.1. The molecule has 0 atom stereocenters. The lowest BCUT2D eigenvalue weighted by molar-refractivity contribution is -0.139. The van der Waals surface area contributed by atoms with Gasteiger partial charge in [0.15, 0.2) is 11.5 Å². The number of esters is 1. The second-order valence-electron chi connectivity index (χ2n) is 4.84. The number of fused-ring (bicyclic) bond motifs is 2. The summed E-state index contributed by atoms with van der Waals surface area (Å²) < 4.78 is 17.8. The van der Waals surface area contributed by atoms with Gasteiger partial charge in [-0.05, 0) is 11.6 Å². The number of nitrogens with zero attached hydrogens (tertiary/aromatic N) is 1. The summed E-state index contributed by atoms with van der Waals surface area (Å²) in [5.74, 6) is 1.07. The summed E-state index contributed by atoms with van der Waals surface area (Å²) in [6, 6.07) is 3.77. The second kappa shape index (κ2) is 5.65. The van der Waals surface area contributed by atoms with E-state index in [1.165, 1.54) is 7.11 Å². The third-order valence-corrected chi connectivity index (χ3v) is 3.53. The lowest BCUT2D eigenvalue weighted by atomic mass is 10.1. The van der Waals surface area contributed by atoms with Crippen molar-refractivity contribution in [2.24, 2.45) is 0 Å². The summed E-state index contributed by atoms with van der Waals surface area (Å²) in [4.78, 5) is 11.5. The average Bonchev–Trinajstić information content (AvgIpc) is 2.82. The van der Waals surface area contributed by atoms with E-state index in [1.54, 1.807) is 0 Å². The van der Waals surface area contributed by atoms with E-state index >= 15 is 0 Å². The summed E-state index contributed by atoms with van der Waals surface area (Å²) in [6.45, 7) is 1.52. The standard InChI is InChI=1S/C15H17NO5/c1-19-15(18)6-10-9-16(2-3-17)12-8-14-13(7-11(10)12)20-4-5-21-14/h7-9,17H,2-6H2,1H3. The van der Waals surface area contributed by atoms with Crippen LogP contribution in [0.4, 0.5) is 0 Å². The molecule has 0 saturated carbocycles. The molecule has 1 N–H and O–H groups in total. The van der Waals surface area contributed by atoms with Crippen LogP contribution in [-0.4, -0.2) is 42.6 Å². The van der Waals surface area contributed by atoms with E-state index in [-0.39, 0.29) is 19.0 Å². The highest BCUT2D eigenvalue weighted by atomic mass is 16.6. The Morgan fingerprint density at radius 3 is 2.71 bits per heavy atom. The molecule has 1 aliphatic heterocycles. The molecule has 0 fully saturated rings. The van der Waals surface area contributed by atoms with Crippen LogP contribution in [0, 0.1) is 0 Å². The van der Waals surface area contributed by atoms with Gasteiger partial charge in [-0.2, -0.15) is 0 Å². The molecule has 0 saturated heterocycles. The largest absolute Gasteiger partial charge is 0.486 e. The first-order valence-corrected chi connectivity index (χ1v) is 6.82. The maximum Gasteiger partial charge on any atom is 0.310 e. The van der Waals surface area contributed by atoms with Crippen LogP contribution < -0.4 is 9.47 Å². The first-order chi connectivity index (χ1) is 10.2. The molecule has 0 aliphatic carbocycles. The Hall–Kier alpha value is -2.21. The number of aromatic nitrogens is 1. The van der Waals surface area contributed by atoms with Gasteiger partial charge < -0.3 is 23.9 Å². The van der Waals surface area contributed by atoms with Crippen molar-refractivity contribution >= 4 is 16.9 Å². The molecule has 1 aliphatic rings. The van der Waals surface area contributed by atoms with Gasteiger partial charge in [-0.15, -0.1) is 0 Å². The van der Waals surface area contributed by atoms with Crippen molar-refractivity contribution in [2.45, 2.75) is 13.0 Å². The number of rotatable bonds is 4. The number of hydrogen-bond donors (Lipinski definition) is 1. The van der Waals surface area contributed by atoms with Crippen molar-refractivity contribution in [1.29, 1.82) is 0 Å². The lowest BCUT2D eigenvalue weighted by Crippen LogP contribution is -2.15. The zero-order valence-corrected chi connectivity index (χ0v) is 11.8. The van der Waals surface area contributed by atoms with Gasteiger partial charge in [0.1, 0.15) is 13.2 Å². The minimum absolute atomic E-state index is 0.0237. The Morgan fingerprint density at radius 2 is 2.05 bits per heavy atom. The molecule has 2 aromatic rings. The van der Waals surface area contributed by atoms with Gasteiger partial charge in [0.25, 0.3) is 0 Å². The molecule has 21 heavy (non-hydrogen) atoms. The Morgan fingerprint density at radius 1 is 1.33 bits per heavy atom. The van der Waals surface area contributed by atoms with E-state index < -0.39 is 0 Å². The van der Waals surface area contributed by atoms with Gasteiger partial charge >= 0.3 is 5.97 Å². The van der Waals surface area contributed by atoms with Crippen LogP contribution in [0.2, 0.25) is 0 Å². The van der Waals surface area contributed by atoms with Crippen molar-refractivity contribution in [2.75, 3.05) is 26.9 Å². The molecule has 0 amide bonds.